The topological polar surface area (TPSA) is 70.5 Å². The standard InChI is InChI=1S/C17H20N2O3S/c1-11(2)19(9-16(20)21)17(22)14-10-23-15(18-14)8-13-6-4-12(3)5-7-13/h4-7,10-11H,8-9H2,1-3H3,(H,20,21). The normalized spacial score (nSPS) is 10.8. The third kappa shape index (κ3) is 4.63. The van der Waals surface area contributed by atoms with E-state index in [1.54, 1.807) is 19.2 Å². The Kier molecular flexibility index (Phi) is 5.50. The van der Waals surface area contributed by atoms with Crippen LogP contribution < -0.4 is 0 Å². The van der Waals surface area contributed by atoms with Gasteiger partial charge in [0, 0.05) is 17.8 Å². The molecule has 1 N–H and O–H groups in total. The number of carbonyl (C=O) groups excluding carboxylic acids is 1. The number of aryl methyl sites for hydroxylation is 1. The Morgan fingerprint density at radius 2 is 1.91 bits per heavy atom. The Morgan fingerprint density at radius 3 is 2.48 bits per heavy atom. The van der Waals surface area contributed by atoms with Crippen LogP contribution in [0.15, 0.2) is 29.6 Å². The summed E-state index contributed by atoms with van der Waals surface area (Å²) < 4.78 is 0. The maximum Gasteiger partial charge on any atom is 0.323 e. The molecule has 0 unspecified atom stereocenters. The summed E-state index contributed by atoms with van der Waals surface area (Å²) in [6.45, 7) is 5.30. The van der Waals surface area contributed by atoms with Crippen molar-refractivity contribution in [3.05, 3.63) is 51.5 Å². The summed E-state index contributed by atoms with van der Waals surface area (Å²) in [5.74, 6) is -1.36. The van der Waals surface area contributed by atoms with Crippen molar-refractivity contribution in [2.75, 3.05) is 6.54 Å². The molecule has 0 aliphatic carbocycles. The first-order valence-electron chi connectivity index (χ1n) is 7.39. The van der Waals surface area contributed by atoms with Gasteiger partial charge in [-0.05, 0) is 26.3 Å². The summed E-state index contributed by atoms with van der Waals surface area (Å²) in [6.07, 6.45) is 0.666. The van der Waals surface area contributed by atoms with E-state index in [4.69, 9.17) is 5.11 Å². The van der Waals surface area contributed by atoms with Crippen molar-refractivity contribution < 1.29 is 14.7 Å². The molecule has 2 aromatic rings. The molecule has 23 heavy (non-hydrogen) atoms. The number of amides is 1. The first kappa shape index (κ1) is 17.1. The van der Waals surface area contributed by atoms with Gasteiger partial charge in [0.25, 0.3) is 5.91 Å². The van der Waals surface area contributed by atoms with Crippen molar-refractivity contribution in [3.8, 4) is 0 Å². The number of hydrogen-bond donors (Lipinski definition) is 1. The van der Waals surface area contributed by atoms with Crippen molar-refractivity contribution in [1.29, 1.82) is 0 Å². The van der Waals surface area contributed by atoms with Gasteiger partial charge in [-0.3, -0.25) is 9.59 Å². The highest BCUT2D eigenvalue weighted by Crippen LogP contribution is 2.17. The van der Waals surface area contributed by atoms with Gasteiger partial charge >= 0.3 is 5.97 Å². The van der Waals surface area contributed by atoms with Crippen molar-refractivity contribution in [2.45, 2.75) is 33.2 Å². The van der Waals surface area contributed by atoms with Gasteiger partial charge < -0.3 is 10.0 Å². The second-order valence-corrected chi connectivity index (χ2v) is 6.65. The third-order valence-electron chi connectivity index (χ3n) is 3.44. The molecular weight excluding hydrogens is 312 g/mol. The molecule has 0 aliphatic heterocycles. The molecule has 0 saturated carbocycles. The van der Waals surface area contributed by atoms with Crippen LogP contribution in [0, 0.1) is 6.92 Å². The van der Waals surface area contributed by atoms with Crippen LogP contribution in [-0.2, 0) is 11.2 Å². The molecule has 2 rings (SSSR count). The van der Waals surface area contributed by atoms with Crippen LogP contribution in [0.1, 0.15) is 40.5 Å². The number of carboxylic acids is 1. The van der Waals surface area contributed by atoms with Crippen LogP contribution in [0.2, 0.25) is 0 Å². The Hall–Kier alpha value is -2.21. The maximum absolute atomic E-state index is 12.4. The minimum Gasteiger partial charge on any atom is -0.480 e. The molecule has 0 fully saturated rings. The summed E-state index contributed by atoms with van der Waals surface area (Å²) in [4.78, 5) is 29.0. The quantitative estimate of drug-likeness (QED) is 0.883. The van der Waals surface area contributed by atoms with Gasteiger partial charge in [-0.2, -0.15) is 0 Å². The molecular formula is C17H20N2O3S. The number of aliphatic carboxylic acids is 1. The van der Waals surface area contributed by atoms with E-state index in [9.17, 15) is 9.59 Å². The van der Waals surface area contributed by atoms with E-state index < -0.39 is 5.97 Å². The number of benzene rings is 1. The Balaban J connectivity index is 2.12. The number of carboxylic acid groups (broad SMARTS) is 1. The fourth-order valence-corrected chi connectivity index (χ4v) is 2.95. The molecule has 1 heterocycles. The largest absolute Gasteiger partial charge is 0.480 e. The van der Waals surface area contributed by atoms with E-state index in [0.717, 1.165) is 10.6 Å². The lowest BCUT2D eigenvalue weighted by Crippen LogP contribution is -2.40. The molecule has 1 amide bonds. The van der Waals surface area contributed by atoms with Crippen LogP contribution >= 0.6 is 11.3 Å². The average molecular weight is 332 g/mol. The number of nitrogens with zero attached hydrogens (tertiary/aromatic N) is 2. The summed E-state index contributed by atoms with van der Waals surface area (Å²) in [7, 11) is 0. The van der Waals surface area contributed by atoms with Gasteiger partial charge in [-0.1, -0.05) is 29.8 Å². The molecule has 0 aliphatic rings. The number of carbonyl (C=O) groups is 2. The van der Waals surface area contributed by atoms with E-state index >= 15 is 0 Å². The van der Waals surface area contributed by atoms with Gasteiger partial charge in [0.15, 0.2) is 0 Å². The first-order valence-corrected chi connectivity index (χ1v) is 8.27. The molecule has 0 radical (unpaired) electrons. The summed E-state index contributed by atoms with van der Waals surface area (Å²) in [6, 6.07) is 7.98. The minimum atomic E-state index is -1.03. The van der Waals surface area contributed by atoms with Crippen LogP contribution in [0.25, 0.3) is 0 Å². The van der Waals surface area contributed by atoms with E-state index in [-0.39, 0.29) is 18.5 Å². The van der Waals surface area contributed by atoms with Gasteiger partial charge in [0.05, 0.1) is 5.01 Å². The zero-order valence-corrected chi connectivity index (χ0v) is 14.3. The molecule has 0 spiro atoms. The van der Waals surface area contributed by atoms with Gasteiger partial charge in [-0.15, -0.1) is 11.3 Å². The van der Waals surface area contributed by atoms with Crippen molar-refractivity contribution in [3.63, 3.8) is 0 Å². The number of hydrogen-bond acceptors (Lipinski definition) is 4. The molecule has 5 nitrogen and oxygen atoms in total. The highest BCUT2D eigenvalue weighted by Gasteiger charge is 2.23. The van der Waals surface area contributed by atoms with Crippen LogP contribution in [0.3, 0.4) is 0 Å². The Morgan fingerprint density at radius 1 is 1.26 bits per heavy atom. The highest BCUT2D eigenvalue weighted by atomic mass is 32.1. The van der Waals surface area contributed by atoms with Crippen molar-refractivity contribution in [1.82, 2.24) is 9.88 Å². The fraction of sp³-hybridized carbons (Fsp3) is 0.353. The van der Waals surface area contributed by atoms with Gasteiger partial charge in [-0.25, -0.2) is 4.98 Å². The maximum atomic E-state index is 12.4. The van der Waals surface area contributed by atoms with E-state index in [0.29, 0.717) is 12.1 Å². The van der Waals surface area contributed by atoms with Gasteiger partial charge in [0.2, 0.25) is 0 Å². The second kappa shape index (κ2) is 7.37. The predicted octanol–water partition coefficient (Wildman–Crippen LogP) is 2.98. The molecule has 122 valence electrons. The minimum absolute atomic E-state index is 0.194. The van der Waals surface area contributed by atoms with Crippen LogP contribution in [0.4, 0.5) is 0 Å². The zero-order valence-electron chi connectivity index (χ0n) is 13.4. The van der Waals surface area contributed by atoms with Crippen molar-refractivity contribution in [2.24, 2.45) is 0 Å². The Labute approximate surface area is 139 Å². The smallest absolute Gasteiger partial charge is 0.323 e. The zero-order chi connectivity index (χ0) is 17.0. The van der Waals surface area contributed by atoms with Crippen LogP contribution in [0.5, 0.6) is 0 Å². The van der Waals surface area contributed by atoms with Crippen molar-refractivity contribution >= 4 is 23.2 Å². The number of aromatic nitrogens is 1. The third-order valence-corrected chi connectivity index (χ3v) is 4.29. The molecule has 1 aromatic heterocycles. The summed E-state index contributed by atoms with van der Waals surface area (Å²) in [5.41, 5.74) is 2.65. The van der Waals surface area contributed by atoms with E-state index in [2.05, 4.69) is 4.98 Å². The fourth-order valence-electron chi connectivity index (χ4n) is 2.15. The molecule has 1 aromatic carbocycles. The van der Waals surface area contributed by atoms with E-state index in [1.807, 2.05) is 31.2 Å². The lowest BCUT2D eigenvalue weighted by molar-refractivity contribution is -0.138. The monoisotopic (exact) mass is 332 g/mol. The number of rotatable bonds is 6. The van der Waals surface area contributed by atoms with Crippen LogP contribution in [-0.4, -0.2) is 39.5 Å². The second-order valence-electron chi connectivity index (χ2n) is 5.71. The van der Waals surface area contributed by atoms with E-state index in [1.165, 1.54) is 21.8 Å². The Bertz CT molecular complexity index is 692. The lowest BCUT2D eigenvalue weighted by atomic mass is 10.1. The molecule has 0 atom stereocenters. The first-order chi connectivity index (χ1) is 10.9. The SMILES string of the molecule is Cc1ccc(Cc2nc(C(=O)N(CC(=O)O)C(C)C)cs2)cc1. The average Bonchev–Trinajstić information content (AvgIpc) is 2.94. The number of thiazole rings is 1. The molecule has 0 saturated heterocycles. The molecule has 6 heteroatoms. The van der Waals surface area contributed by atoms with Gasteiger partial charge in [0.1, 0.15) is 12.2 Å². The lowest BCUT2D eigenvalue weighted by Gasteiger charge is -2.23. The predicted molar refractivity (Wildman–Crippen MR) is 89.9 cm³/mol. The molecule has 0 bridgehead atoms. The summed E-state index contributed by atoms with van der Waals surface area (Å²) >= 11 is 1.42. The summed E-state index contributed by atoms with van der Waals surface area (Å²) in [5, 5.41) is 11.5. The highest BCUT2D eigenvalue weighted by molar-refractivity contribution is 7.09.